The molecule has 8 aromatic carbocycles. The maximum Gasteiger partial charge on any atom is 0.0543 e. The van der Waals surface area contributed by atoms with Gasteiger partial charge in [0, 0.05) is 22.4 Å². The highest BCUT2D eigenvalue weighted by atomic mass is 15.1. The van der Waals surface area contributed by atoms with Crippen LogP contribution in [-0.4, -0.2) is 0 Å². The molecule has 1 heteroatoms. The van der Waals surface area contributed by atoms with Gasteiger partial charge in [0.1, 0.15) is 0 Å². The van der Waals surface area contributed by atoms with Gasteiger partial charge in [-0.3, -0.25) is 0 Å². The predicted octanol–water partition coefficient (Wildman–Crippen LogP) is 12.6. The van der Waals surface area contributed by atoms with Crippen LogP contribution in [0.25, 0.3) is 54.6 Å². The fourth-order valence-electron chi connectivity index (χ4n) is 7.77. The maximum atomic E-state index is 2.47. The van der Waals surface area contributed by atoms with Gasteiger partial charge >= 0.3 is 0 Å². The van der Waals surface area contributed by atoms with Crippen molar-refractivity contribution in [2.75, 3.05) is 4.90 Å². The smallest absolute Gasteiger partial charge is 0.0543 e. The average molecular weight is 588 g/mol. The molecule has 0 radical (unpaired) electrons. The van der Waals surface area contributed by atoms with Gasteiger partial charge < -0.3 is 4.90 Å². The second kappa shape index (κ2) is 10.2. The Labute approximate surface area is 270 Å². The molecule has 1 aliphatic rings. The van der Waals surface area contributed by atoms with E-state index in [1.54, 1.807) is 0 Å². The molecule has 0 amide bonds. The Balaban J connectivity index is 1.31. The molecular weight excluding hydrogens is 555 g/mol. The molecule has 218 valence electrons. The van der Waals surface area contributed by atoms with Crippen molar-refractivity contribution < 1.29 is 0 Å². The van der Waals surface area contributed by atoms with E-state index in [-0.39, 0.29) is 5.41 Å². The van der Waals surface area contributed by atoms with Crippen LogP contribution in [0.2, 0.25) is 0 Å². The average Bonchev–Trinajstić information content (AvgIpc) is 3.35. The fraction of sp³-hybridized carbons (Fsp3) is 0.0667. The molecule has 1 aliphatic carbocycles. The Morgan fingerprint density at radius 1 is 0.435 bits per heavy atom. The Kier molecular flexibility index (Phi) is 5.92. The normalized spacial score (nSPS) is 13.2. The number of rotatable bonds is 4. The number of nitrogens with zero attached hydrogens (tertiary/aromatic N) is 1. The van der Waals surface area contributed by atoms with Crippen molar-refractivity contribution >= 4 is 49.4 Å². The zero-order valence-electron chi connectivity index (χ0n) is 26.0. The van der Waals surface area contributed by atoms with Gasteiger partial charge in [0.15, 0.2) is 0 Å². The molecule has 0 bridgehead atoms. The molecule has 1 nitrogen and oxygen atoms in total. The van der Waals surface area contributed by atoms with E-state index in [4.69, 9.17) is 0 Å². The summed E-state index contributed by atoms with van der Waals surface area (Å²) in [4.78, 5) is 2.47. The van der Waals surface area contributed by atoms with E-state index in [9.17, 15) is 0 Å². The van der Waals surface area contributed by atoms with Crippen LogP contribution in [0.15, 0.2) is 164 Å². The SMILES string of the molecule is CC1(C)c2ccccc2-c2c(N(c3cccc(-c4ccccc4)c3)c3ccc4c(ccc5ccc6ccccc6c54)c3)cccc21. The monoisotopic (exact) mass is 587 g/mol. The summed E-state index contributed by atoms with van der Waals surface area (Å²) < 4.78 is 0. The molecule has 0 aromatic heterocycles. The van der Waals surface area contributed by atoms with Gasteiger partial charge in [0.25, 0.3) is 0 Å². The first-order valence-corrected chi connectivity index (χ1v) is 16.1. The first-order valence-electron chi connectivity index (χ1n) is 16.1. The number of anilines is 3. The molecule has 0 N–H and O–H groups in total. The number of benzene rings is 8. The lowest BCUT2D eigenvalue weighted by atomic mass is 9.82. The second-order valence-electron chi connectivity index (χ2n) is 13.0. The molecule has 0 spiro atoms. The van der Waals surface area contributed by atoms with Crippen molar-refractivity contribution in [1.29, 1.82) is 0 Å². The summed E-state index contributed by atoms with van der Waals surface area (Å²) in [6.45, 7) is 4.71. The summed E-state index contributed by atoms with van der Waals surface area (Å²) >= 11 is 0. The Hall–Kier alpha value is -5.66. The molecule has 0 fully saturated rings. The Morgan fingerprint density at radius 2 is 1.09 bits per heavy atom. The summed E-state index contributed by atoms with van der Waals surface area (Å²) in [5.41, 5.74) is 11.2. The molecule has 8 aromatic rings. The lowest BCUT2D eigenvalue weighted by Crippen LogP contribution is -2.16. The van der Waals surface area contributed by atoms with E-state index < -0.39 is 0 Å². The van der Waals surface area contributed by atoms with Crippen molar-refractivity contribution in [3.05, 3.63) is 175 Å². The van der Waals surface area contributed by atoms with E-state index in [0.717, 1.165) is 11.4 Å². The van der Waals surface area contributed by atoms with Gasteiger partial charge in [0.2, 0.25) is 0 Å². The molecule has 0 atom stereocenters. The third-order valence-electron chi connectivity index (χ3n) is 10.0. The topological polar surface area (TPSA) is 3.24 Å². The van der Waals surface area contributed by atoms with Crippen LogP contribution in [0.1, 0.15) is 25.0 Å². The maximum absolute atomic E-state index is 2.47. The van der Waals surface area contributed by atoms with E-state index in [1.165, 1.54) is 71.4 Å². The highest BCUT2D eigenvalue weighted by Gasteiger charge is 2.37. The van der Waals surface area contributed by atoms with Gasteiger partial charge in [-0.2, -0.15) is 0 Å². The van der Waals surface area contributed by atoms with E-state index in [0.29, 0.717) is 0 Å². The third-order valence-corrected chi connectivity index (χ3v) is 10.0. The van der Waals surface area contributed by atoms with Crippen LogP contribution >= 0.6 is 0 Å². The summed E-state index contributed by atoms with van der Waals surface area (Å²) in [7, 11) is 0. The summed E-state index contributed by atoms with van der Waals surface area (Å²) in [5.74, 6) is 0. The highest BCUT2D eigenvalue weighted by Crippen LogP contribution is 2.54. The van der Waals surface area contributed by atoms with Gasteiger partial charge in [-0.05, 0) is 90.5 Å². The van der Waals surface area contributed by atoms with Crippen LogP contribution in [-0.2, 0) is 5.41 Å². The zero-order valence-corrected chi connectivity index (χ0v) is 26.0. The molecular formula is C45H33N. The van der Waals surface area contributed by atoms with Crippen molar-refractivity contribution in [1.82, 2.24) is 0 Å². The highest BCUT2D eigenvalue weighted by molar-refractivity contribution is 6.20. The Morgan fingerprint density at radius 3 is 1.98 bits per heavy atom. The number of fused-ring (bicyclic) bond motifs is 8. The quantitative estimate of drug-likeness (QED) is 0.185. The van der Waals surface area contributed by atoms with Gasteiger partial charge in [0.05, 0.1) is 5.69 Å². The minimum Gasteiger partial charge on any atom is -0.310 e. The largest absolute Gasteiger partial charge is 0.310 e. The van der Waals surface area contributed by atoms with Gasteiger partial charge in [-0.25, -0.2) is 0 Å². The van der Waals surface area contributed by atoms with Crippen molar-refractivity contribution in [2.45, 2.75) is 19.3 Å². The lowest BCUT2D eigenvalue weighted by molar-refractivity contribution is 0.660. The standard InChI is InChI=1S/C45H33N/c1-45(2)40-19-9-8-18-39(40)44-41(45)20-11-21-42(44)46(35-16-10-15-33(28-35)30-12-4-3-5-13-30)36-26-27-38-34(29-36)25-24-32-23-22-31-14-6-7-17-37(31)43(32)38/h3-29H,1-2H3. The first-order chi connectivity index (χ1) is 22.6. The number of hydrogen-bond donors (Lipinski definition) is 0. The van der Waals surface area contributed by atoms with E-state index in [2.05, 4.69) is 183 Å². The predicted molar refractivity (Wildman–Crippen MR) is 197 cm³/mol. The van der Waals surface area contributed by atoms with Crippen LogP contribution < -0.4 is 4.90 Å². The van der Waals surface area contributed by atoms with Crippen LogP contribution in [0.3, 0.4) is 0 Å². The second-order valence-corrected chi connectivity index (χ2v) is 13.0. The van der Waals surface area contributed by atoms with Crippen LogP contribution in [0.4, 0.5) is 17.1 Å². The van der Waals surface area contributed by atoms with E-state index in [1.807, 2.05) is 0 Å². The molecule has 0 unspecified atom stereocenters. The van der Waals surface area contributed by atoms with Crippen LogP contribution in [0.5, 0.6) is 0 Å². The minimum absolute atomic E-state index is 0.0805. The molecule has 0 saturated heterocycles. The minimum atomic E-state index is -0.0805. The molecule has 9 rings (SSSR count). The summed E-state index contributed by atoms with van der Waals surface area (Å²) in [5, 5.41) is 7.67. The number of hydrogen-bond acceptors (Lipinski definition) is 1. The van der Waals surface area contributed by atoms with Crippen molar-refractivity contribution in [2.24, 2.45) is 0 Å². The van der Waals surface area contributed by atoms with Crippen LogP contribution in [0, 0.1) is 0 Å². The molecule has 0 saturated carbocycles. The molecule has 0 heterocycles. The summed E-state index contributed by atoms with van der Waals surface area (Å²) in [6.07, 6.45) is 0. The van der Waals surface area contributed by atoms with Gasteiger partial charge in [-0.1, -0.05) is 147 Å². The van der Waals surface area contributed by atoms with E-state index >= 15 is 0 Å². The molecule has 46 heavy (non-hydrogen) atoms. The fourth-order valence-corrected chi connectivity index (χ4v) is 7.77. The third kappa shape index (κ3) is 4.02. The van der Waals surface area contributed by atoms with Gasteiger partial charge in [-0.15, -0.1) is 0 Å². The van der Waals surface area contributed by atoms with Crippen molar-refractivity contribution in [3.63, 3.8) is 0 Å². The first kappa shape index (κ1) is 26.7. The van der Waals surface area contributed by atoms with Crippen molar-refractivity contribution in [3.8, 4) is 22.3 Å². The Bertz CT molecular complexity index is 2450. The molecule has 0 aliphatic heterocycles. The zero-order chi connectivity index (χ0) is 30.8. The lowest BCUT2D eigenvalue weighted by Gasteiger charge is -2.29. The summed E-state index contributed by atoms with van der Waals surface area (Å²) in [6, 6.07) is 60.2.